The quantitative estimate of drug-likeness (QED) is 0.585. The van der Waals surface area contributed by atoms with E-state index in [-0.39, 0.29) is 10.8 Å². The van der Waals surface area contributed by atoms with Gasteiger partial charge in [-0.2, -0.15) is 0 Å². The van der Waals surface area contributed by atoms with E-state index in [0.29, 0.717) is 18.6 Å². The minimum Gasteiger partial charge on any atom is -0.541 e. The summed E-state index contributed by atoms with van der Waals surface area (Å²) < 4.78 is 6.24. The fourth-order valence-corrected chi connectivity index (χ4v) is 3.00. The van der Waals surface area contributed by atoms with Gasteiger partial charge in [0.2, 0.25) is 0 Å². The highest BCUT2D eigenvalue weighted by molar-refractivity contribution is 6.74. The number of ketones is 1. The maximum atomic E-state index is 12.2. The Morgan fingerprint density at radius 2 is 1.68 bits per heavy atom. The number of benzene rings is 1. The molecule has 0 bridgehead atoms. The lowest BCUT2D eigenvalue weighted by Crippen LogP contribution is -2.41. The minimum atomic E-state index is -2.01. The zero-order chi connectivity index (χ0) is 16.4. The Morgan fingerprint density at radius 1 is 1.05 bits per heavy atom. The summed E-state index contributed by atoms with van der Waals surface area (Å²) >= 11 is 0. The first kappa shape index (κ1) is 16.6. The molecule has 0 radical (unpaired) electrons. The van der Waals surface area contributed by atoms with Crippen LogP contribution in [-0.2, 0) is 9.22 Å². The lowest BCUT2D eigenvalue weighted by Gasteiger charge is -2.36. The highest BCUT2D eigenvalue weighted by atomic mass is 28.4. The van der Waals surface area contributed by atoms with Gasteiger partial charge >= 0.3 is 0 Å². The van der Waals surface area contributed by atoms with Crippen molar-refractivity contribution in [1.82, 2.24) is 0 Å². The van der Waals surface area contributed by atoms with E-state index >= 15 is 0 Å². The molecule has 2 nitrogen and oxygen atoms in total. The smallest absolute Gasteiger partial charge is 0.250 e. The molecule has 116 valence electrons. The number of hydrogen-bond donors (Lipinski definition) is 0. The Kier molecular flexibility index (Phi) is 4.62. The number of carbonyl (C=O) groups excluding carboxylic acids is 1. The average molecular weight is 312 g/mol. The maximum Gasteiger partial charge on any atom is 0.250 e. The van der Waals surface area contributed by atoms with Crippen molar-refractivity contribution in [3.63, 3.8) is 0 Å². The van der Waals surface area contributed by atoms with Crippen LogP contribution in [0, 0.1) is 11.8 Å². The molecule has 1 aromatic rings. The fraction of sp³-hybridized carbons (Fsp3) is 0.421. The molecule has 1 aliphatic rings. The van der Waals surface area contributed by atoms with Crippen LogP contribution in [0.3, 0.4) is 0 Å². The molecule has 0 saturated carbocycles. The molecule has 1 aromatic carbocycles. The molecule has 2 rings (SSSR count). The molecular weight excluding hydrogens is 288 g/mol. The molecule has 0 saturated heterocycles. The van der Waals surface area contributed by atoms with E-state index in [1.54, 1.807) is 0 Å². The van der Waals surface area contributed by atoms with E-state index in [1.165, 1.54) is 0 Å². The van der Waals surface area contributed by atoms with Crippen LogP contribution in [-0.4, -0.2) is 14.1 Å². The summed E-state index contributed by atoms with van der Waals surface area (Å²) in [6.45, 7) is 10.8. The first-order chi connectivity index (χ1) is 10.2. The Labute approximate surface area is 134 Å². The molecule has 0 atom stereocenters. The Bertz CT molecular complexity index is 652. The topological polar surface area (TPSA) is 26.3 Å². The third kappa shape index (κ3) is 3.69. The Balaban J connectivity index is 2.30. The number of allylic oxidation sites excluding steroid dienone is 2. The van der Waals surface area contributed by atoms with Gasteiger partial charge in [0.05, 0.1) is 0 Å². The van der Waals surface area contributed by atoms with E-state index in [0.717, 1.165) is 11.1 Å². The zero-order valence-electron chi connectivity index (χ0n) is 14.1. The normalized spacial score (nSPS) is 15.6. The SMILES string of the molecule is CC(C)(C)[Si](C)(C)OC1=C(C#Cc2ccccc2)CCC1=O. The predicted octanol–water partition coefficient (Wildman–Crippen LogP) is 4.68. The van der Waals surface area contributed by atoms with Crippen LogP contribution < -0.4 is 0 Å². The van der Waals surface area contributed by atoms with Gasteiger partial charge in [-0.15, -0.1) is 0 Å². The molecule has 3 heteroatoms. The van der Waals surface area contributed by atoms with Crippen molar-refractivity contribution in [3.8, 4) is 11.8 Å². The number of Topliss-reactive ketones (excluding diaryl/α,β-unsaturated/α-hetero) is 1. The highest BCUT2D eigenvalue weighted by Gasteiger charge is 2.41. The van der Waals surface area contributed by atoms with Gasteiger partial charge in [0.1, 0.15) is 0 Å². The van der Waals surface area contributed by atoms with Crippen molar-refractivity contribution in [2.75, 3.05) is 0 Å². The number of hydrogen-bond acceptors (Lipinski definition) is 2. The lowest BCUT2D eigenvalue weighted by molar-refractivity contribution is -0.116. The third-order valence-electron chi connectivity index (χ3n) is 4.42. The van der Waals surface area contributed by atoms with Crippen LogP contribution in [0.2, 0.25) is 18.1 Å². The summed E-state index contributed by atoms with van der Waals surface area (Å²) in [5.74, 6) is 6.92. The molecule has 0 spiro atoms. The van der Waals surface area contributed by atoms with Crippen LogP contribution in [0.25, 0.3) is 0 Å². The van der Waals surface area contributed by atoms with Crippen molar-refractivity contribution in [3.05, 3.63) is 47.2 Å². The first-order valence-corrected chi connectivity index (χ1v) is 10.6. The summed E-state index contributed by atoms with van der Waals surface area (Å²) in [6, 6.07) is 9.84. The van der Waals surface area contributed by atoms with Gasteiger partial charge in [0.25, 0.3) is 8.32 Å². The number of rotatable bonds is 2. The molecular formula is C19H24O2Si. The average Bonchev–Trinajstić information content (AvgIpc) is 2.77. The summed E-state index contributed by atoms with van der Waals surface area (Å²) in [5.41, 5.74) is 1.82. The van der Waals surface area contributed by atoms with Gasteiger partial charge in [-0.25, -0.2) is 0 Å². The first-order valence-electron chi connectivity index (χ1n) is 7.73. The van der Waals surface area contributed by atoms with Gasteiger partial charge in [0, 0.05) is 17.6 Å². The van der Waals surface area contributed by atoms with Gasteiger partial charge < -0.3 is 4.43 Å². The van der Waals surface area contributed by atoms with Crippen LogP contribution in [0.4, 0.5) is 0 Å². The van der Waals surface area contributed by atoms with Gasteiger partial charge in [-0.05, 0) is 36.7 Å². The molecule has 0 fully saturated rings. The standard InChI is InChI=1S/C19H24O2Si/c1-19(2,3)22(4,5)21-18-16(13-14-17(18)20)12-11-15-9-7-6-8-10-15/h6-10H,13-14H2,1-5H3. The zero-order valence-corrected chi connectivity index (χ0v) is 15.1. The Morgan fingerprint density at radius 3 is 2.27 bits per heavy atom. The molecule has 0 unspecified atom stereocenters. The van der Waals surface area contributed by atoms with Crippen LogP contribution in [0.1, 0.15) is 39.2 Å². The van der Waals surface area contributed by atoms with E-state index in [2.05, 4.69) is 45.7 Å². The molecule has 0 N–H and O–H groups in total. The van der Waals surface area contributed by atoms with Crippen LogP contribution in [0.5, 0.6) is 0 Å². The van der Waals surface area contributed by atoms with E-state index in [1.807, 2.05) is 30.3 Å². The largest absolute Gasteiger partial charge is 0.541 e. The molecule has 0 heterocycles. The van der Waals surface area contributed by atoms with E-state index < -0.39 is 8.32 Å². The van der Waals surface area contributed by atoms with Crippen LogP contribution in [0.15, 0.2) is 41.7 Å². The van der Waals surface area contributed by atoms with Crippen LogP contribution >= 0.6 is 0 Å². The van der Waals surface area contributed by atoms with Crippen molar-refractivity contribution < 1.29 is 9.22 Å². The third-order valence-corrected chi connectivity index (χ3v) is 8.75. The molecule has 0 aromatic heterocycles. The Hall–Kier alpha value is -1.79. The van der Waals surface area contributed by atoms with Crippen molar-refractivity contribution in [2.45, 2.75) is 51.7 Å². The summed E-state index contributed by atoms with van der Waals surface area (Å²) in [4.78, 5) is 12.2. The summed E-state index contributed by atoms with van der Waals surface area (Å²) in [6.07, 6.45) is 1.21. The lowest BCUT2D eigenvalue weighted by atomic mass is 10.2. The minimum absolute atomic E-state index is 0.0703. The molecule has 0 amide bonds. The maximum absolute atomic E-state index is 12.2. The monoisotopic (exact) mass is 312 g/mol. The van der Waals surface area contributed by atoms with E-state index in [4.69, 9.17) is 4.43 Å². The highest BCUT2D eigenvalue weighted by Crippen LogP contribution is 2.39. The molecule has 0 aliphatic heterocycles. The summed E-state index contributed by atoms with van der Waals surface area (Å²) in [7, 11) is -2.01. The second kappa shape index (κ2) is 6.14. The molecule has 22 heavy (non-hydrogen) atoms. The molecule has 1 aliphatic carbocycles. The van der Waals surface area contributed by atoms with Crippen molar-refractivity contribution >= 4 is 14.1 Å². The summed E-state index contributed by atoms with van der Waals surface area (Å²) in [5, 5.41) is 0.0703. The predicted molar refractivity (Wildman–Crippen MR) is 92.9 cm³/mol. The number of carbonyl (C=O) groups is 1. The van der Waals surface area contributed by atoms with Gasteiger partial charge in [-0.3, -0.25) is 4.79 Å². The van der Waals surface area contributed by atoms with E-state index in [9.17, 15) is 4.79 Å². The van der Waals surface area contributed by atoms with Gasteiger partial charge in [0.15, 0.2) is 11.5 Å². The second-order valence-electron chi connectivity index (χ2n) is 7.21. The van der Waals surface area contributed by atoms with Gasteiger partial charge in [-0.1, -0.05) is 50.8 Å². The van der Waals surface area contributed by atoms with Crippen molar-refractivity contribution in [2.24, 2.45) is 0 Å². The fourth-order valence-electron chi connectivity index (χ4n) is 1.95. The second-order valence-corrected chi connectivity index (χ2v) is 11.9. The van der Waals surface area contributed by atoms with Crippen molar-refractivity contribution in [1.29, 1.82) is 0 Å².